The van der Waals surface area contributed by atoms with Crippen LogP contribution in [0.25, 0.3) is 0 Å². The molecule has 50 valence electrons. The van der Waals surface area contributed by atoms with Gasteiger partial charge in [-0.1, -0.05) is 12.1 Å². The van der Waals surface area contributed by atoms with E-state index in [2.05, 4.69) is 11.1 Å². The first kappa shape index (κ1) is 8.03. The summed E-state index contributed by atoms with van der Waals surface area (Å²) in [6.45, 7) is 2.51. The summed E-state index contributed by atoms with van der Waals surface area (Å²) in [7, 11) is 0. The maximum absolute atomic E-state index is 4.96. The Morgan fingerprint density at radius 3 is 3.11 bits per heavy atom. The van der Waals surface area contributed by atoms with E-state index in [1.807, 2.05) is 6.92 Å². The number of hydrogen-bond donors (Lipinski definition) is 0. The van der Waals surface area contributed by atoms with E-state index in [0.717, 1.165) is 6.42 Å². The molecule has 0 aliphatic heterocycles. The molecule has 0 rings (SSSR count). The van der Waals surface area contributed by atoms with Crippen LogP contribution in [-0.2, 0) is 4.84 Å². The van der Waals surface area contributed by atoms with E-state index in [9.17, 15) is 0 Å². The van der Waals surface area contributed by atoms with Crippen LogP contribution in [0.15, 0.2) is 5.16 Å². The predicted molar refractivity (Wildman–Crippen MR) is 38.2 cm³/mol. The third kappa shape index (κ3) is 7.03. The summed E-state index contributed by atoms with van der Waals surface area (Å²) < 4.78 is 0. The maximum atomic E-state index is 4.96. The first-order chi connectivity index (χ1) is 4.41. The first-order valence-electron chi connectivity index (χ1n) is 2.99. The molecule has 0 aromatic rings. The van der Waals surface area contributed by atoms with Gasteiger partial charge in [-0.15, -0.1) is 12.3 Å². The van der Waals surface area contributed by atoms with E-state index in [4.69, 9.17) is 11.3 Å². The fraction of sp³-hybridized carbons (Fsp3) is 0.571. The van der Waals surface area contributed by atoms with Gasteiger partial charge in [0.2, 0.25) is 0 Å². The Bertz CT molecular complexity index is 113. The summed E-state index contributed by atoms with van der Waals surface area (Å²) in [6, 6.07) is 0. The summed E-state index contributed by atoms with van der Waals surface area (Å²) in [5.74, 6) is 2.45. The Morgan fingerprint density at radius 1 is 1.78 bits per heavy atom. The van der Waals surface area contributed by atoms with E-state index in [1.54, 1.807) is 6.21 Å². The van der Waals surface area contributed by atoms with Crippen LogP contribution in [0.4, 0.5) is 0 Å². The Morgan fingerprint density at radius 2 is 2.56 bits per heavy atom. The van der Waals surface area contributed by atoms with Crippen molar-refractivity contribution in [1.82, 2.24) is 0 Å². The highest BCUT2D eigenvalue weighted by atomic mass is 16.6. The van der Waals surface area contributed by atoms with Crippen molar-refractivity contribution in [3.8, 4) is 12.3 Å². The second kappa shape index (κ2) is 7.03. The molecule has 0 saturated heterocycles. The third-order valence-corrected chi connectivity index (χ3v) is 0.669. The predicted octanol–water partition coefficient (Wildman–Crippen LogP) is 1.42. The summed E-state index contributed by atoms with van der Waals surface area (Å²) in [5.41, 5.74) is 0. The highest BCUT2D eigenvalue weighted by Crippen LogP contribution is 1.79. The lowest BCUT2D eigenvalue weighted by Gasteiger charge is -1.90. The van der Waals surface area contributed by atoms with Gasteiger partial charge in [0, 0.05) is 12.6 Å². The molecule has 9 heavy (non-hydrogen) atoms. The molecule has 0 amide bonds. The van der Waals surface area contributed by atoms with Crippen molar-refractivity contribution in [1.29, 1.82) is 0 Å². The van der Waals surface area contributed by atoms with Gasteiger partial charge >= 0.3 is 0 Å². The molecule has 0 aromatic carbocycles. The normalized spacial score (nSPS) is 9.33. The van der Waals surface area contributed by atoms with Gasteiger partial charge in [-0.25, -0.2) is 0 Å². The highest BCUT2D eigenvalue weighted by Gasteiger charge is 1.76. The van der Waals surface area contributed by atoms with Crippen LogP contribution in [0.1, 0.15) is 19.8 Å². The molecular formula is C7H11NO. The smallest absolute Gasteiger partial charge is 0.128 e. The zero-order valence-corrected chi connectivity index (χ0v) is 5.63. The minimum absolute atomic E-state index is 0.521. The lowest BCUT2D eigenvalue weighted by atomic mass is 10.5. The fourth-order valence-electron chi connectivity index (χ4n) is 0.285. The van der Waals surface area contributed by atoms with Crippen molar-refractivity contribution < 1.29 is 4.84 Å². The van der Waals surface area contributed by atoms with Crippen LogP contribution in [0.5, 0.6) is 0 Å². The zero-order chi connectivity index (χ0) is 6.95. The molecule has 0 saturated carbocycles. The van der Waals surface area contributed by atoms with Crippen LogP contribution >= 0.6 is 0 Å². The average Bonchev–Trinajstić information content (AvgIpc) is 1.89. The molecular weight excluding hydrogens is 114 g/mol. The molecule has 0 spiro atoms. The minimum atomic E-state index is 0.521. The van der Waals surface area contributed by atoms with Crippen LogP contribution in [0.2, 0.25) is 0 Å². The van der Waals surface area contributed by atoms with Gasteiger partial charge in [0.05, 0.1) is 0 Å². The molecule has 0 atom stereocenters. The van der Waals surface area contributed by atoms with Crippen molar-refractivity contribution in [2.24, 2.45) is 5.16 Å². The Hall–Kier alpha value is -0.970. The van der Waals surface area contributed by atoms with Crippen molar-refractivity contribution in [3.63, 3.8) is 0 Å². The molecule has 0 N–H and O–H groups in total. The largest absolute Gasteiger partial charge is 0.395 e. The second-order valence-electron chi connectivity index (χ2n) is 1.48. The van der Waals surface area contributed by atoms with Crippen molar-refractivity contribution in [3.05, 3.63) is 0 Å². The Kier molecular flexibility index (Phi) is 6.27. The number of hydrogen-bond acceptors (Lipinski definition) is 2. The molecule has 0 bridgehead atoms. The van der Waals surface area contributed by atoms with Crippen molar-refractivity contribution >= 4 is 6.21 Å². The number of terminal acetylenes is 1. The molecule has 0 unspecified atom stereocenters. The maximum Gasteiger partial charge on any atom is 0.128 e. The van der Waals surface area contributed by atoms with Gasteiger partial charge in [-0.3, -0.25) is 0 Å². The molecule has 0 aliphatic carbocycles. The fourth-order valence-corrected chi connectivity index (χ4v) is 0.285. The van der Waals surface area contributed by atoms with Gasteiger partial charge in [0.1, 0.15) is 6.61 Å². The van der Waals surface area contributed by atoms with Gasteiger partial charge in [0.15, 0.2) is 0 Å². The Balaban J connectivity index is 2.92. The molecule has 2 heteroatoms. The molecule has 0 aliphatic rings. The van der Waals surface area contributed by atoms with Gasteiger partial charge in [-0.2, -0.15) is 0 Å². The lowest BCUT2D eigenvalue weighted by molar-refractivity contribution is 0.151. The summed E-state index contributed by atoms with van der Waals surface area (Å²) in [6.07, 6.45) is 8.19. The standard InChI is InChI=1S/C7H11NO/c1-3-5-7-9-8-6-4-2/h1,6H,4-5,7H2,2H3. The number of nitrogens with zero attached hydrogens (tertiary/aromatic N) is 1. The average molecular weight is 125 g/mol. The molecule has 2 nitrogen and oxygen atoms in total. The monoisotopic (exact) mass is 125 g/mol. The van der Waals surface area contributed by atoms with Gasteiger partial charge in [0.25, 0.3) is 0 Å². The molecule has 0 fully saturated rings. The summed E-state index contributed by atoms with van der Waals surface area (Å²) in [4.78, 5) is 4.74. The van der Waals surface area contributed by atoms with E-state index >= 15 is 0 Å². The van der Waals surface area contributed by atoms with Crippen LogP contribution in [-0.4, -0.2) is 12.8 Å². The van der Waals surface area contributed by atoms with Crippen molar-refractivity contribution in [2.75, 3.05) is 6.61 Å². The zero-order valence-electron chi connectivity index (χ0n) is 5.63. The van der Waals surface area contributed by atoms with Crippen LogP contribution in [0.3, 0.4) is 0 Å². The quantitative estimate of drug-likeness (QED) is 0.241. The van der Waals surface area contributed by atoms with Crippen molar-refractivity contribution in [2.45, 2.75) is 19.8 Å². The topological polar surface area (TPSA) is 21.6 Å². The van der Waals surface area contributed by atoms with Gasteiger partial charge < -0.3 is 4.84 Å². The first-order valence-corrected chi connectivity index (χ1v) is 2.99. The lowest BCUT2D eigenvalue weighted by Crippen LogP contribution is -1.84. The molecule has 0 aromatic heterocycles. The summed E-state index contributed by atoms with van der Waals surface area (Å²) in [5, 5.41) is 3.61. The van der Waals surface area contributed by atoms with E-state index < -0.39 is 0 Å². The SMILES string of the molecule is C#CCCON=CCC. The van der Waals surface area contributed by atoms with E-state index in [0.29, 0.717) is 13.0 Å². The van der Waals surface area contributed by atoms with Gasteiger partial charge in [-0.05, 0) is 6.42 Å². The molecule has 0 heterocycles. The number of rotatable bonds is 4. The third-order valence-electron chi connectivity index (χ3n) is 0.669. The molecule has 0 radical (unpaired) electrons. The Labute approximate surface area is 55.9 Å². The van der Waals surface area contributed by atoms with E-state index in [-0.39, 0.29) is 0 Å². The highest BCUT2D eigenvalue weighted by molar-refractivity contribution is 5.55. The van der Waals surface area contributed by atoms with E-state index in [1.165, 1.54) is 0 Å². The second-order valence-corrected chi connectivity index (χ2v) is 1.48. The van der Waals surface area contributed by atoms with Crippen LogP contribution in [0, 0.1) is 12.3 Å². The summed E-state index contributed by atoms with van der Waals surface area (Å²) >= 11 is 0. The van der Waals surface area contributed by atoms with Crippen LogP contribution < -0.4 is 0 Å². The minimum Gasteiger partial charge on any atom is -0.395 e. The number of oxime groups is 1.